The van der Waals surface area contributed by atoms with Crippen molar-refractivity contribution in [1.82, 2.24) is 0 Å². The summed E-state index contributed by atoms with van der Waals surface area (Å²) < 4.78 is 338. The highest BCUT2D eigenvalue weighted by Gasteiger charge is 2.37. The van der Waals surface area contributed by atoms with Crippen LogP contribution in [0.3, 0.4) is 0 Å². The minimum absolute atomic E-state index is 0.164. The van der Waals surface area contributed by atoms with Gasteiger partial charge in [-0.05, 0) is 91.1 Å². The average molecular weight is 677 g/mol. The number of fused-ring (bicyclic) bond motifs is 2. The highest BCUT2D eigenvalue weighted by molar-refractivity contribution is 6.11. The van der Waals surface area contributed by atoms with Gasteiger partial charge in [0.15, 0.2) is 0 Å². The summed E-state index contributed by atoms with van der Waals surface area (Å²) in [5.74, 6) is 0. The summed E-state index contributed by atoms with van der Waals surface area (Å²) >= 11 is 0. The number of benzene rings is 8. The van der Waals surface area contributed by atoms with E-state index in [1.54, 1.807) is 0 Å². The first-order valence-electron chi connectivity index (χ1n) is 32.9. The molecule has 238 valence electrons. The van der Waals surface area contributed by atoms with Crippen molar-refractivity contribution in [3.63, 3.8) is 0 Å². The normalized spacial score (nSPS) is 23.7. The van der Waals surface area contributed by atoms with Gasteiger partial charge in [0.1, 0.15) is 0 Å². The monoisotopic (exact) mass is 677 g/mol. The van der Waals surface area contributed by atoms with E-state index in [1.807, 2.05) is 0 Å². The van der Waals surface area contributed by atoms with Crippen LogP contribution >= 0.6 is 0 Å². The first kappa shape index (κ1) is 10.2. The summed E-state index contributed by atoms with van der Waals surface area (Å²) in [5.41, 5.74) is -20.6. The van der Waals surface area contributed by atoms with Crippen molar-refractivity contribution < 1.29 is 50.7 Å². The first-order valence-corrected chi connectivity index (χ1v) is 14.4. The predicted molar refractivity (Wildman–Crippen MR) is 213 cm³/mol. The van der Waals surface area contributed by atoms with Crippen molar-refractivity contribution in [3.05, 3.63) is 198 Å². The lowest BCUT2D eigenvalue weighted by molar-refractivity contribution is 0.647. The largest absolute Gasteiger partial charge is 0.310 e. The van der Waals surface area contributed by atoms with Gasteiger partial charge in [0.05, 0.1) is 48.2 Å². The highest BCUT2D eigenvalue weighted by atomic mass is 15.1. The van der Waals surface area contributed by atoms with E-state index in [9.17, 15) is 27.4 Å². The van der Waals surface area contributed by atoms with E-state index in [2.05, 4.69) is 0 Å². The van der Waals surface area contributed by atoms with E-state index < -0.39 is 290 Å². The first-order chi connectivity index (χ1) is 40.0. The van der Waals surface area contributed by atoms with Gasteiger partial charge in [-0.3, -0.25) is 0 Å². The average Bonchev–Trinajstić information content (AvgIpc) is 0.655. The Morgan fingerprint density at radius 2 is 1.04 bits per heavy atom. The Labute approximate surface area is 346 Å². The lowest BCUT2D eigenvalue weighted by Crippen LogP contribution is -2.25. The van der Waals surface area contributed by atoms with Gasteiger partial charge in [-0.1, -0.05) is 171 Å². The quantitative estimate of drug-likeness (QED) is 0.169. The molecule has 0 saturated heterocycles. The van der Waals surface area contributed by atoms with Gasteiger partial charge in [0, 0.05) is 30.6 Å². The molecule has 0 saturated carbocycles. The molecule has 0 heterocycles. The fourth-order valence-electron chi connectivity index (χ4n) is 5.60. The van der Waals surface area contributed by atoms with E-state index >= 15 is 0 Å². The van der Waals surface area contributed by atoms with Gasteiger partial charge < -0.3 is 4.90 Å². The smallest absolute Gasteiger partial charge is 0.0651 e. The van der Waals surface area contributed by atoms with Gasteiger partial charge in [-0.15, -0.1) is 0 Å². The molecule has 0 spiro atoms. The van der Waals surface area contributed by atoms with Crippen LogP contribution in [-0.4, -0.2) is 0 Å². The zero-order valence-corrected chi connectivity index (χ0v) is 24.9. The van der Waals surface area contributed by atoms with E-state index in [4.69, 9.17) is 23.3 Å². The van der Waals surface area contributed by atoms with Crippen LogP contribution in [0.25, 0.3) is 55.3 Å². The van der Waals surface area contributed by atoms with Crippen LogP contribution in [-0.2, 0) is 5.41 Å². The van der Waals surface area contributed by atoms with Gasteiger partial charge in [-0.25, -0.2) is 0 Å². The molecule has 1 aliphatic rings. The highest BCUT2D eigenvalue weighted by Crippen LogP contribution is 2.55. The van der Waals surface area contributed by atoms with E-state index in [0.717, 1.165) is 0 Å². The third kappa shape index (κ3) is 4.94. The number of nitrogens with zero attached hydrogens (tertiary/aromatic N) is 1. The summed E-state index contributed by atoms with van der Waals surface area (Å²) in [6.07, 6.45) is 0. The SMILES string of the molecule is [2H]c1c([2H])c([2H])c(-c2c([2H])c([2H])c(N(c3c([2H])c([2H])c([2H])c(-c4c([2H])c([2H])c([2H])c([2H])c4[2H])c3[2H])c3c([2H])c([2H])c4c([2H])c([2H])c([2H])c5c4c3-c3c([2H])c([2H])c([2H])c(-c4c([2H])c([2H])c([2H])c([2H])c4[2H])c3C5(C([2H])([2H])[2H])C([2H])([2H])[2H])c([2H])c2[2H])c([2H])c1[2H]. The van der Waals surface area contributed by atoms with Crippen molar-refractivity contribution in [2.75, 3.05) is 4.90 Å². The maximum atomic E-state index is 10.1. The van der Waals surface area contributed by atoms with Gasteiger partial charge in [0.25, 0.3) is 0 Å². The Bertz CT molecular complexity index is 4370. The molecule has 1 aliphatic carbocycles. The molecular formula is C49H37N. The molecule has 0 unspecified atom stereocenters. The molecule has 8 aromatic carbocycles. The van der Waals surface area contributed by atoms with E-state index in [1.165, 1.54) is 0 Å². The number of hydrogen-bond acceptors (Lipinski definition) is 1. The molecule has 0 bridgehead atoms. The summed E-state index contributed by atoms with van der Waals surface area (Å²) in [5, 5.41) is -2.31. The minimum atomic E-state index is -4.29. The maximum absolute atomic E-state index is 10.1. The second-order valence-corrected chi connectivity index (χ2v) is 10.5. The maximum Gasteiger partial charge on any atom is 0.0651 e. The lowest BCUT2D eigenvalue weighted by atomic mass is 9.66. The molecule has 0 N–H and O–H groups in total. The number of rotatable bonds is 6. The minimum Gasteiger partial charge on any atom is -0.310 e. The third-order valence-electron chi connectivity index (χ3n) is 7.69. The van der Waals surface area contributed by atoms with Crippen LogP contribution in [0.2, 0.25) is 0 Å². The summed E-state index contributed by atoms with van der Waals surface area (Å²) in [6.45, 7) is -8.58. The Kier molecular flexibility index (Phi) is 2.46. The molecule has 1 nitrogen and oxygen atoms in total. The van der Waals surface area contributed by atoms with Crippen LogP contribution < -0.4 is 4.90 Å². The van der Waals surface area contributed by atoms with Gasteiger partial charge in [-0.2, -0.15) is 0 Å². The Morgan fingerprint density at radius 3 is 1.74 bits per heavy atom. The third-order valence-corrected chi connectivity index (χ3v) is 7.69. The zero-order valence-electron chi connectivity index (χ0n) is 61.9. The molecule has 0 aromatic heterocycles. The van der Waals surface area contributed by atoms with Crippen LogP contribution in [0.4, 0.5) is 17.1 Å². The van der Waals surface area contributed by atoms with Crippen LogP contribution in [0.1, 0.15) is 75.5 Å². The van der Waals surface area contributed by atoms with Crippen molar-refractivity contribution >= 4 is 27.8 Å². The fourth-order valence-corrected chi connectivity index (χ4v) is 5.60. The topological polar surface area (TPSA) is 3.24 Å². The van der Waals surface area contributed by atoms with Crippen molar-refractivity contribution in [2.45, 2.75) is 19.1 Å². The Hall–Kier alpha value is -6.18. The summed E-state index contributed by atoms with van der Waals surface area (Å²) in [4.78, 5) is 0.164. The zero-order chi connectivity index (χ0) is 65.6. The van der Waals surface area contributed by atoms with Crippen LogP contribution in [0.5, 0.6) is 0 Å². The number of anilines is 3. The second-order valence-electron chi connectivity index (χ2n) is 10.5. The fraction of sp³-hybridized carbons (Fsp3) is 0.0612. The molecule has 0 atom stereocenters. The molecule has 9 rings (SSSR count). The molecular weight excluding hydrogens is 603 g/mol. The molecule has 1 heteroatoms. The van der Waals surface area contributed by atoms with Crippen molar-refractivity contribution in [2.24, 2.45) is 0 Å². The van der Waals surface area contributed by atoms with Gasteiger partial charge in [0.2, 0.25) is 0 Å². The molecule has 8 aromatic rings. The Morgan fingerprint density at radius 1 is 0.460 bits per heavy atom. The molecule has 0 radical (unpaired) electrons. The lowest BCUT2D eigenvalue weighted by Gasteiger charge is -2.39. The number of hydrogen-bond donors (Lipinski definition) is 0. The predicted octanol–water partition coefficient (Wildman–Crippen LogP) is 13.6. The van der Waals surface area contributed by atoms with Crippen LogP contribution in [0.15, 0.2) is 187 Å². The Balaban J connectivity index is 1.71. The van der Waals surface area contributed by atoms with Gasteiger partial charge >= 0.3 is 0 Å². The summed E-state index contributed by atoms with van der Waals surface area (Å²) in [7, 11) is 0. The van der Waals surface area contributed by atoms with Crippen molar-refractivity contribution in [1.29, 1.82) is 0 Å². The summed E-state index contributed by atoms with van der Waals surface area (Å²) in [6, 6.07) is -39.4. The van der Waals surface area contributed by atoms with E-state index in [-0.39, 0.29) is 4.90 Å². The molecule has 50 heavy (non-hydrogen) atoms. The van der Waals surface area contributed by atoms with E-state index in [0.29, 0.717) is 0 Å². The second kappa shape index (κ2) is 12.1. The van der Waals surface area contributed by atoms with Crippen LogP contribution in [0, 0.1) is 0 Å². The molecule has 0 amide bonds. The standard InChI is InChI=1S/C49H37N/c1-49(2)44-26-13-21-38-29-32-45(47(46(38)44)43-25-14-24-42(48(43)49)37-19-10-5-11-20-37)50(40-30-27-36(28-31-40)34-15-6-3-7-16-34)41-23-12-22-39(33-41)35-17-8-4-9-18-35/h3-33H,1-2H3/i1D3,2D3,3D,4D,5D,6D,7D,8D,9D,10D,11D,12D,13D,14D,15D,16D,17D,18D,19D,20D,21D,22D,23D,24D,25D,26D,27D,28D,29D,30D,31D,32D,33D. The molecule has 0 fully saturated rings. The van der Waals surface area contributed by atoms with Crippen molar-refractivity contribution in [3.8, 4) is 44.5 Å². The molecule has 0 aliphatic heterocycles.